The minimum Gasteiger partial charge on any atom is -0.508 e. The Hall–Kier alpha value is -1.35. The molecule has 3 nitrogen and oxygen atoms in total. The van der Waals surface area contributed by atoms with E-state index in [0.29, 0.717) is 23.5 Å². The van der Waals surface area contributed by atoms with E-state index in [1.54, 1.807) is 12.1 Å². The highest BCUT2D eigenvalue weighted by atomic mass is 16.3. The van der Waals surface area contributed by atoms with Gasteiger partial charge in [-0.1, -0.05) is 13.0 Å². The zero-order valence-corrected chi connectivity index (χ0v) is 12.5. The van der Waals surface area contributed by atoms with Crippen LogP contribution >= 0.6 is 0 Å². The highest BCUT2D eigenvalue weighted by Gasteiger charge is 2.54. The molecule has 0 heterocycles. The second-order valence-corrected chi connectivity index (χ2v) is 7.47. The van der Waals surface area contributed by atoms with Crippen molar-refractivity contribution < 1.29 is 10.2 Å². The monoisotopic (exact) mass is 285 g/mol. The van der Waals surface area contributed by atoms with Gasteiger partial charge in [0, 0.05) is 11.3 Å². The fourth-order valence-corrected chi connectivity index (χ4v) is 5.41. The fourth-order valence-electron chi connectivity index (χ4n) is 5.41. The molecule has 4 rings (SSSR count). The van der Waals surface area contributed by atoms with Crippen molar-refractivity contribution in [3.05, 3.63) is 29.3 Å². The molecule has 1 aromatic rings. The SMILES string of the molecule is C[C@]12CC[C@@H]3c4ccc(O)cc4C(=N)C[C@H]3[C@@H]1CC[C@@H]2O. The first-order chi connectivity index (χ1) is 10.0. The van der Waals surface area contributed by atoms with Crippen LogP contribution < -0.4 is 0 Å². The van der Waals surface area contributed by atoms with Crippen LogP contribution in [-0.4, -0.2) is 22.0 Å². The van der Waals surface area contributed by atoms with Gasteiger partial charge in [0.25, 0.3) is 0 Å². The molecule has 0 bridgehead atoms. The van der Waals surface area contributed by atoms with Crippen molar-refractivity contribution in [2.45, 2.75) is 51.0 Å². The summed E-state index contributed by atoms with van der Waals surface area (Å²) in [6.07, 6.45) is 4.82. The van der Waals surface area contributed by atoms with Gasteiger partial charge in [-0.05, 0) is 73.0 Å². The second kappa shape index (κ2) is 4.33. The van der Waals surface area contributed by atoms with Crippen LogP contribution in [0.1, 0.15) is 56.1 Å². The first-order valence-electron chi connectivity index (χ1n) is 8.09. The number of phenolic OH excluding ortho intramolecular Hbond substituents is 1. The Balaban J connectivity index is 1.77. The van der Waals surface area contributed by atoms with Crippen molar-refractivity contribution in [3.63, 3.8) is 0 Å². The standard InChI is InChI=1S/C18H23NO2/c1-18-7-6-12-11-3-2-10(20)8-14(11)16(19)9-13(12)15(18)4-5-17(18)21/h2-3,8,12-13,15,17,19-21H,4-7,9H2,1H3/t12-,13-,15+,17+,18+/m1/s1. The Morgan fingerprint density at radius 1 is 1.24 bits per heavy atom. The summed E-state index contributed by atoms with van der Waals surface area (Å²) in [6.45, 7) is 2.25. The summed E-state index contributed by atoms with van der Waals surface area (Å²) in [5.41, 5.74) is 2.90. The van der Waals surface area contributed by atoms with E-state index in [-0.39, 0.29) is 17.3 Å². The molecule has 0 radical (unpaired) electrons. The summed E-state index contributed by atoms with van der Waals surface area (Å²) in [5, 5.41) is 28.5. The van der Waals surface area contributed by atoms with Crippen LogP contribution in [0.5, 0.6) is 5.75 Å². The smallest absolute Gasteiger partial charge is 0.116 e. The van der Waals surface area contributed by atoms with Gasteiger partial charge in [-0.25, -0.2) is 0 Å². The largest absolute Gasteiger partial charge is 0.508 e. The summed E-state index contributed by atoms with van der Waals surface area (Å²) in [7, 11) is 0. The maximum atomic E-state index is 10.4. The highest BCUT2D eigenvalue weighted by molar-refractivity contribution is 6.01. The molecule has 1 aromatic carbocycles. The van der Waals surface area contributed by atoms with E-state index in [1.807, 2.05) is 6.07 Å². The van der Waals surface area contributed by atoms with Gasteiger partial charge in [-0.3, -0.25) is 0 Å². The zero-order chi connectivity index (χ0) is 14.8. The summed E-state index contributed by atoms with van der Waals surface area (Å²) in [5.74, 6) is 1.78. The summed E-state index contributed by atoms with van der Waals surface area (Å²) in [4.78, 5) is 0. The number of hydrogen-bond donors (Lipinski definition) is 3. The average molecular weight is 285 g/mol. The summed E-state index contributed by atoms with van der Waals surface area (Å²) in [6, 6.07) is 5.53. The lowest BCUT2D eigenvalue weighted by atomic mass is 9.55. The Labute approximate surface area is 125 Å². The molecule has 3 N–H and O–H groups in total. The van der Waals surface area contributed by atoms with Gasteiger partial charge in [0.15, 0.2) is 0 Å². The topological polar surface area (TPSA) is 64.3 Å². The number of phenols is 1. The molecular formula is C18H23NO2. The van der Waals surface area contributed by atoms with Crippen molar-refractivity contribution in [3.8, 4) is 5.75 Å². The zero-order valence-electron chi connectivity index (χ0n) is 12.5. The normalized spacial score (nSPS) is 41.3. The lowest BCUT2D eigenvalue weighted by Crippen LogP contribution is -2.44. The predicted molar refractivity (Wildman–Crippen MR) is 81.9 cm³/mol. The van der Waals surface area contributed by atoms with Crippen LogP contribution in [0, 0.1) is 22.7 Å². The highest BCUT2D eigenvalue weighted by Crippen LogP contribution is 2.60. The third-order valence-electron chi connectivity index (χ3n) is 6.59. The molecule has 3 heteroatoms. The van der Waals surface area contributed by atoms with Gasteiger partial charge < -0.3 is 15.6 Å². The molecule has 0 aromatic heterocycles. The third kappa shape index (κ3) is 1.73. The van der Waals surface area contributed by atoms with E-state index in [9.17, 15) is 10.2 Å². The Morgan fingerprint density at radius 2 is 2.05 bits per heavy atom. The van der Waals surface area contributed by atoms with Crippen molar-refractivity contribution >= 4 is 5.71 Å². The Kier molecular flexibility index (Phi) is 2.74. The van der Waals surface area contributed by atoms with E-state index in [1.165, 1.54) is 5.56 Å². The second-order valence-electron chi connectivity index (χ2n) is 7.47. The number of benzene rings is 1. The molecular weight excluding hydrogens is 262 g/mol. The minimum absolute atomic E-state index is 0.0515. The Bertz CT molecular complexity index is 611. The number of hydrogen-bond acceptors (Lipinski definition) is 3. The maximum absolute atomic E-state index is 10.4. The van der Waals surface area contributed by atoms with Gasteiger partial charge >= 0.3 is 0 Å². The quantitative estimate of drug-likeness (QED) is 0.683. The van der Waals surface area contributed by atoms with Gasteiger partial charge in [-0.2, -0.15) is 0 Å². The molecule has 2 fully saturated rings. The van der Waals surface area contributed by atoms with Crippen LogP contribution in [0.4, 0.5) is 0 Å². The molecule has 3 aliphatic carbocycles. The first-order valence-corrected chi connectivity index (χ1v) is 8.09. The van der Waals surface area contributed by atoms with Gasteiger partial charge in [0.05, 0.1) is 6.10 Å². The molecule has 0 amide bonds. The number of aromatic hydroxyl groups is 1. The fraction of sp³-hybridized carbons (Fsp3) is 0.611. The maximum Gasteiger partial charge on any atom is 0.116 e. The molecule has 3 aliphatic rings. The molecule has 0 unspecified atom stereocenters. The lowest BCUT2D eigenvalue weighted by molar-refractivity contribution is -0.0177. The van der Waals surface area contributed by atoms with Gasteiger partial charge in [-0.15, -0.1) is 0 Å². The average Bonchev–Trinajstić information content (AvgIpc) is 2.76. The van der Waals surface area contributed by atoms with Crippen LogP contribution in [0.15, 0.2) is 18.2 Å². The molecule has 0 aliphatic heterocycles. The molecule has 5 atom stereocenters. The summed E-state index contributed by atoms with van der Waals surface area (Å²) < 4.78 is 0. The molecule has 2 saturated carbocycles. The predicted octanol–water partition coefficient (Wildman–Crippen LogP) is 3.43. The van der Waals surface area contributed by atoms with Crippen molar-refractivity contribution in [2.24, 2.45) is 17.3 Å². The van der Waals surface area contributed by atoms with E-state index in [2.05, 4.69) is 6.92 Å². The number of rotatable bonds is 0. The van der Waals surface area contributed by atoms with Crippen molar-refractivity contribution in [2.75, 3.05) is 0 Å². The Morgan fingerprint density at radius 3 is 2.86 bits per heavy atom. The number of aliphatic hydroxyl groups is 1. The lowest BCUT2D eigenvalue weighted by Gasteiger charge is -2.50. The van der Waals surface area contributed by atoms with Crippen molar-refractivity contribution in [1.29, 1.82) is 5.41 Å². The van der Waals surface area contributed by atoms with Crippen LogP contribution in [-0.2, 0) is 0 Å². The van der Waals surface area contributed by atoms with Crippen LogP contribution in [0.2, 0.25) is 0 Å². The molecule has 112 valence electrons. The van der Waals surface area contributed by atoms with Gasteiger partial charge in [0.2, 0.25) is 0 Å². The van der Waals surface area contributed by atoms with E-state index < -0.39 is 0 Å². The first kappa shape index (κ1) is 13.3. The van der Waals surface area contributed by atoms with E-state index in [0.717, 1.165) is 37.7 Å². The van der Waals surface area contributed by atoms with E-state index >= 15 is 0 Å². The van der Waals surface area contributed by atoms with Crippen LogP contribution in [0.3, 0.4) is 0 Å². The number of nitrogens with one attached hydrogen (secondary N) is 1. The van der Waals surface area contributed by atoms with E-state index in [4.69, 9.17) is 5.41 Å². The molecule has 21 heavy (non-hydrogen) atoms. The number of aliphatic hydroxyl groups excluding tert-OH is 1. The number of fused-ring (bicyclic) bond motifs is 5. The van der Waals surface area contributed by atoms with Crippen molar-refractivity contribution in [1.82, 2.24) is 0 Å². The van der Waals surface area contributed by atoms with Crippen LogP contribution in [0.25, 0.3) is 0 Å². The van der Waals surface area contributed by atoms with Gasteiger partial charge in [0.1, 0.15) is 5.75 Å². The molecule has 0 saturated heterocycles. The third-order valence-corrected chi connectivity index (χ3v) is 6.59. The summed E-state index contributed by atoms with van der Waals surface area (Å²) >= 11 is 0. The molecule has 0 spiro atoms. The minimum atomic E-state index is -0.168.